The molecule has 1 heteroatoms. The van der Waals surface area contributed by atoms with E-state index in [9.17, 15) is 0 Å². The molecule has 0 aromatic heterocycles. The molecule has 0 saturated heterocycles. The smallest absolute Gasteiger partial charge is 0.0653 e. The van der Waals surface area contributed by atoms with Gasteiger partial charge in [-0.3, -0.25) is 0 Å². The van der Waals surface area contributed by atoms with Gasteiger partial charge in [-0.05, 0) is 30.5 Å². The van der Waals surface area contributed by atoms with E-state index in [-0.39, 0.29) is 5.38 Å². The highest BCUT2D eigenvalue weighted by atomic mass is 35.5. The molecule has 18 heavy (non-hydrogen) atoms. The van der Waals surface area contributed by atoms with Gasteiger partial charge in [0.05, 0.1) is 5.38 Å². The normalized spacial score (nSPS) is 14.2. The Bertz CT molecular complexity index is 516. The Morgan fingerprint density at radius 2 is 1.61 bits per heavy atom. The van der Waals surface area contributed by atoms with Gasteiger partial charge in [0.15, 0.2) is 0 Å². The third kappa shape index (κ3) is 2.76. The quantitative estimate of drug-likeness (QED) is 0.648. The molecule has 2 aromatic carbocycles. The van der Waals surface area contributed by atoms with E-state index >= 15 is 0 Å². The first-order chi connectivity index (χ1) is 8.59. The van der Waals surface area contributed by atoms with Crippen molar-refractivity contribution < 1.29 is 0 Å². The standard InChI is InChI=1S/C17H19Cl/c1-12-9-10-13(2)16(11-12)17(18)14(3)15-7-5-4-6-8-15/h4-11,14,17H,1-3H3. The van der Waals surface area contributed by atoms with Gasteiger partial charge in [-0.1, -0.05) is 61.0 Å². The van der Waals surface area contributed by atoms with Crippen LogP contribution in [-0.4, -0.2) is 0 Å². The molecule has 2 rings (SSSR count). The summed E-state index contributed by atoms with van der Waals surface area (Å²) < 4.78 is 0. The molecule has 0 N–H and O–H groups in total. The molecule has 0 amide bonds. The Morgan fingerprint density at radius 3 is 2.28 bits per heavy atom. The fourth-order valence-electron chi connectivity index (χ4n) is 2.25. The maximum absolute atomic E-state index is 6.67. The molecule has 0 bridgehead atoms. The zero-order chi connectivity index (χ0) is 13.1. The molecule has 0 fully saturated rings. The minimum absolute atomic E-state index is 0.0206. The van der Waals surface area contributed by atoms with Crippen LogP contribution < -0.4 is 0 Å². The predicted octanol–water partition coefficient (Wildman–Crippen LogP) is 5.39. The summed E-state index contributed by atoms with van der Waals surface area (Å²) in [6.45, 7) is 6.43. The highest BCUT2D eigenvalue weighted by Gasteiger charge is 2.19. The van der Waals surface area contributed by atoms with Crippen LogP contribution in [0, 0.1) is 13.8 Å². The largest absolute Gasteiger partial charge is 0.117 e. The SMILES string of the molecule is Cc1ccc(C)c(C(Cl)C(C)c2ccccc2)c1. The summed E-state index contributed by atoms with van der Waals surface area (Å²) in [5.41, 5.74) is 5.07. The van der Waals surface area contributed by atoms with E-state index in [0.29, 0.717) is 5.92 Å². The van der Waals surface area contributed by atoms with E-state index < -0.39 is 0 Å². The van der Waals surface area contributed by atoms with E-state index in [1.807, 2.05) is 6.07 Å². The van der Waals surface area contributed by atoms with Crippen molar-refractivity contribution in [1.82, 2.24) is 0 Å². The Labute approximate surface area is 115 Å². The molecule has 2 atom stereocenters. The van der Waals surface area contributed by atoms with Gasteiger partial charge in [0.25, 0.3) is 0 Å². The van der Waals surface area contributed by atoms with Gasteiger partial charge in [0.2, 0.25) is 0 Å². The van der Waals surface area contributed by atoms with Crippen molar-refractivity contribution in [3.63, 3.8) is 0 Å². The van der Waals surface area contributed by atoms with Crippen LogP contribution in [0.5, 0.6) is 0 Å². The third-order valence-electron chi connectivity index (χ3n) is 3.50. The lowest BCUT2D eigenvalue weighted by Gasteiger charge is -2.21. The number of hydrogen-bond acceptors (Lipinski definition) is 0. The number of aryl methyl sites for hydroxylation is 2. The van der Waals surface area contributed by atoms with Gasteiger partial charge in [-0.25, -0.2) is 0 Å². The topological polar surface area (TPSA) is 0 Å². The fraction of sp³-hybridized carbons (Fsp3) is 0.294. The molecule has 0 heterocycles. The van der Waals surface area contributed by atoms with Crippen molar-refractivity contribution in [2.45, 2.75) is 32.1 Å². The summed E-state index contributed by atoms with van der Waals surface area (Å²) in [5.74, 6) is 0.313. The van der Waals surface area contributed by atoms with Gasteiger partial charge in [-0.15, -0.1) is 11.6 Å². The number of alkyl halides is 1. The van der Waals surface area contributed by atoms with Crippen LogP contribution in [0.3, 0.4) is 0 Å². The van der Waals surface area contributed by atoms with Gasteiger partial charge >= 0.3 is 0 Å². The minimum atomic E-state index is 0.0206. The molecule has 0 aliphatic carbocycles. The molecule has 0 aliphatic rings. The van der Waals surface area contributed by atoms with Crippen molar-refractivity contribution in [3.8, 4) is 0 Å². The third-order valence-corrected chi connectivity index (χ3v) is 4.11. The maximum Gasteiger partial charge on any atom is 0.0653 e. The summed E-state index contributed by atoms with van der Waals surface area (Å²) >= 11 is 6.67. The van der Waals surface area contributed by atoms with Crippen molar-refractivity contribution >= 4 is 11.6 Å². The fourth-order valence-corrected chi connectivity index (χ4v) is 2.63. The minimum Gasteiger partial charge on any atom is -0.117 e. The monoisotopic (exact) mass is 258 g/mol. The van der Waals surface area contributed by atoms with Crippen LogP contribution in [-0.2, 0) is 0 Å². The van der Waals surface area contributed by atoms with Gasteiger partial charge < -0.3 is 0 Å². The molecule has 94 valence electrons. The van der Waals surface area contributed by atoms with E-state index in [1.54, 1.807) is 0 Å². The summed E-state index contributed by atoms with van der Waals surface area (Å²) in [4.78, 5) is 0. The molecule has 0 radical (unpaired) electrons. The molecule has 0 nitrogen and oxygen atoms in total. The second-order valence-corrected chi connectivity index (χ2v) is 5.43. The summed E-state index contributed by atoms with van der Waals surface area (Å²) in [5, 5.41) is 0.0206. The van der Waals surface area contributed by atoms with Crippen LogP contribution in [0.4, 0.5) is 0 Å². The van der Waals surface area contributed by atoms with Gasteiger partial charge in [0, 0.05) is 5.92 Å². The van der Waals surface area contributed by atoms with Crippen LogP contribution in [0.1, 0.15) is 40.5 Å². The van der Waals surface area contributed by atoms with Crippen LogP contribution >= 0.6 is 11.6 Å². The molecule has 0 saturated carbocycles. The lowest BCUT2D eigenvalue weighted by Crippen LogP contribution is -2.04. The van der Waals surface area contributed by atoms with Gasteiger partial charge in [-0.2, -0.15) is 0 Å². The Morgan fingerprint density at radius 1 is 0.944 bits per heavy atom. The average molecular weight is 259 g/mol. The number of benzene rings is 2. The number of rotatable bonds is 3. The van der Waals surface area contributed by atoms with Crippen molar-refractivity contribution in [2.24, 2.45) is 0 Å². The Hall–Kier alpha value is -1.27. The first-order valence-corrected chi connectivity index (χ1v) is 6.79. The van der Waals surface area contributed by atoms with Crippen molar-refractivity contribution in [3.05, 3.63) is 70.8 Å². The van der Waals surface area contributed by atoms with Crippen molar-refractivity contribution in [1.29, 1.82) is 0 Å². The van der Waals surface area contributed by atoms with Crippen LogP contribution in [0.15, 0.2) is 48.5 Å². The lowest BCUT2D eigenvalue weighted by atomic mass is 9.90. The zero-order valence-electron chi connectivity index (χ0n) is 11.2. The Kier molecular flexibility index (Phi) is 4.08. The predicted molar refractivity (Wildman–Crippen MR) is 79.4 cm³/mol. The number of hydrogen-bond donors (Lipinski definition) is 0. The first-order valence-electron chi connectivity index (χ1n) is 6.35. The molecular weight excluding hydrogens is 240 g/mol. The summed E-state index contributed by atoms with van der Waals surface area (Å²) in [6, 6.07) is 16.9. The second-order valence-electron chi connectivity index (χ2n) is 4.96. The average Bonchev–Trinajstić information content (AvgIpc) is 2.41. The zero-order valence-corrected chi connectivity index (χ0v) is 11.9. The van der Waals surface area contributed by atoms with Crippen LogP contribution in [0.2, 0.25) is 0 Å². The summed E-state index contributed by atoms with van der Waals surface area (Å²) in [6.07, 6.45) is 0. The van der Waals surface area contributed by atoms with E-state index in [1.165, 1.54) is 22.3 Å². The number of halogens is 1. The molecule has 2 unspecified atom stereocenters. The molecule has 2 aromatic rings. The lowest BCUT2D eigenvalue weighted by molar-refractivity contribution is 0.727. The van der Waals surface area contributed by atoms with Crippen LogP contribution in [0.25, 0.3) is 0 Å². The molecule has 0 spiro atoms. The second kappa shape index (κ2) is 5.58. The highest BCUT2D eigenvalue weighted by molar-refractivity contribution is 6.21. The van der Waals surface area contributed by atoms with E-state index in [2.05, 4.69) is 63.2 Å². The molecular formula is C17H19Cl. The van der Waals surface area contributed by atoms with E-state index in [4.69, 9.17) is 11.6 Å². The maximum atomic E-state index is 6.67. The molecule has 0 aliphatic heterocycles. The highest BCUT2D eigenvalue weighted by Crippen LogP contribution is 2.37. The van der Waals surface area contributed by atoms with Gasteiger partial charge in [0.1, 0.15) is 0 Å². The van der Waals surface area contributed by atoms with E-state index in [0.717, 1.165) is 0 Å². The Balaban J connectivity index is 2.31. The van der Waals surface area contributed by atoms with Crippen molar-refractivity contribution in [2.75, 3.05) is 0 Å². The summed E-state index contributed by atoms with van der Waals surface area (Å²) in [7, 11) is 0. The first kappa shape index (κ1) is 13.2.